The fourth-order valence-electron chi connectivity index (χ4n) is 2.36. The van der Waals surface area contributed by atoms with Crippen molar-refractivity contribution in [3.8, 4) is 0 Å². The normalized spacial score (nSPS) is 14.7. The molecule has 3 heteroatoms. The molecule has 0 radical (unpaired) electrons. The van der Waals surface area contributed by atoms with Gasteiger partial charge in [-0.3, -0.25) is 0 Å². The SMILES string of the molecule is CCCCCCCCCCCCC1=CC(=O)OC1=O. The lowest BCUT2D eigenvalue weighted by Gasteiger charge is -2.02. The molecule has 1 rings (SSSR count). The van der Waals surface area contributed by atoms with Crippen LogP contribution in [0.15, 0.2) is 11.6 Å². The molecule has 108 valence electrons. The lowest BCUT2D eigenvalue weighted by atomic mass is 10.0. The van der Waals surface area contributed by atoms with Gasteiger partial charge in [0.2, 0.25) is 0 Å². The molecule has 0 aromatic heterocycles. The lowest BCUT2D eigenvalue weighted by molar-refractivity contribution is -0.150. The van der Waals surface area contributed by atoms with Crippen molar-refractivity contribution in [1.82, 2.24) is 0 Å². The summed E-state index contributed by atoms with van der Waals surface area (Å²) in [6.07, 6.45) is 14.7. The van der Waals surface area contributed by atoms with Gasteiger partial charge in [-0.25, -0.2) is 9.59 Å². The van der Waals surface area contributed by atoms with E-state index in [1.54, 1.807) is 0 Å². The Hall–Kier alpha value is -1.12. The quantitative estimate of drug-likeness (QED) is 0.318. The zero-order valence-corrected chi connectivity index (χ0v) is 12.1. The predicted molar refractivity (Wildman–Crippen MR) is 75.6 cm³/mol. The molecule has 0 saturated carbocycles. The first-order valence-electron chi connectivity index (χ1n) is 7.70. The summed E-state index contributed by atoms with van der Waals surface area (Å²) in [5.74, 6) is -0.951. The number of hydrogen-bond donors (Lipinski definition) is 0. The Morgan fingerprint density at radius 3 is 1.84 bits per heavy atom. The molecule has 1 aliphatic rings. The first-order chi connectivity index (χ1) is 9.24. The van der Waals surface area contributed by atoms with Crippen molar-refractivity contribution in [2.45, 2.75) is 77.6 Å². The van der Waals surface area contributed by atoms with Crippen molar-refractivity contribution in [2.75, 3.05) is 0 Å². The van der Waals surface area contributed by atoms with Crippen LogP contribution in [0.2, 0.25) is 0 Å². The molecule has 0 aliphatic carbocycles. The Morgan fingerprint density at radius 1 is 0.842 bits per heavy atom. The third-order valence-electron chi connectivity index (χ3n) is 3.55. The third kappa shape index (κ3) is 7.14. The molecule has 0 aromatic rings. The van der Waals surface area contributed by atoms with Crippen molar-refractivity contribution >= 4 is 11.9 Å². The molecule has 19 heavy (non-hydrogen) atoms. The number of carbonyl (C=O) groups is 2. The zero-order chi connectivity index (χ0) is 13.9. The minimum atomic E-state index is -0.507. The van der Waals surface area contributed by atoms with Crippen molar-refractivity contribution < 1.29 is 14.3 Å². The summed E-state index contributed by atoms with van der Waals surface area (Å²) < 4.78 is 4.45. The van der Waals surface area contributed by atoms with Crippen molar-refractivity contribution in [3.63, 3.8) is 0 Å². The average Bonchev–Trinajstić information content (AvgIpc) is 2.70. The fourth-order valence-corrected chi connectivity index (χ4v) is 2.36. The number of esters is 2. The molecule has 1 heterocycles. The molecule has 3 nitrogen and oxygen atoms in total. The summed E-state index contributed by atoms with van der Waals surface area (Å²) in [6, 6.07) is 0. The number of ether oxygens (including phenoxy) is 1. The Kier molecular flexibility index (Phi) is 8.19. The van der Waals surface area contributed by atoms with Gasteiger partial charge in [0.1, 0.15) is 0 Å². The van der Waals surface area contributed by atoms with E-state index < -0.39 is 11.9 Å². The summed E-state index contributed by atoms with van der Waals surface area (Å²) in [5.41, 5.74) is 0.546. The van der Waals surface area contributed by atoms with E-state index in [9.17, 15) is 9.59 Å². The van der Waals surface area contributed by atoms with Crippen LogP contribution in [-0.4, -0.2) is 11.9 Å². The number of unbranched alkanes of at least 4 members (excludes halogenated alkanes) is 9. The summed E-state index contributed by atoms with van der Waals surface area (Å²) in [4.78, 5) is 22.0. The minimum absolute atomic E-state index is 0.444. The van der Waals surface area contributed by atoms with E-state index in [0.717, 1.165) is 12.8 Å². The molecule has 0 saturated heterocycles. The van der Waals surface area contributed by atoms with E-state index in [4.69, 9.17) is 0 Å². The highest BCUT2D eigenvalue weighted by Crippen LogP contribution is 2.17. The van der Waals surface area contributed by atoms with Gasteiger partial charge in [-0.15, -0.1) is 0 Å². The summed E-state index contributed by atoms with van der Waals surface area (Å²) in [7, 11) is 0. The van der Waals surface area contributed by atoms with Gasteiger partial charge >= 0.3 is 11.9 Å². The average molecular weight is 266 g/mol. The molecule has 1 aliphatic heterocycles. The first-order valence-corrected chi connectivity index (χ1v) is 7.70. The van der Waals surface area contributed by atoms with Crippen LogP contribution in [0.3, 0.4) is 0 Å². The second-order valence-electron chi connectivity index (χ2n) is 5.31. The molecule has 0 unspecified atom stereocenters. The van der Waals surface area contributed by atoms with Crippen LogP contribution in [0, 0.1) is 0 Å². The van der Waals surface area contributed by atoms with Crippen LogP contribution in [0.4, 0.5) is 0 Å². The van der Waals surface area contributed by atoms with E-state index in [1.165, 1.54) is 57.4 Å². The van der Waals surface area contributed by atoms with Gasteiger partial charge in [-0.2, -0.15) is 0 Å². The Balaban J connectivity index is 1.88. The van der Waals surface area contributed by atoms with E-state index in [0.29, 0.717) is 12.0 Å². The fraction of sp³-hybridized carbons (Fsp3) is 0.750. The first kappa shape index (κ1) is 15.9. The number of carbonyl (C=O) groups excluding carboxylic acids is 2. The number of cyclic esters (lactones) is 2. The summed E-state index contributed by atoms with van der Waals surface area (Å²) in [6.45, 7) is 2.24. The Morgan fingerprint density at radius 2 is 1.37 bits per heavy atom. The molecule has 0 fully saturated rings. The highest BCUT2D eigenvalue weighted by atomic mass is 16.6. The maximum absolute atomic E-state index is 11.2. The Bertz CT molecular complexity index is 318. The van der Waals surface area contributed by atoms with E-state index in [1.807, 2.05) is 0 Å². The van der Waals surface area contributed by atoms with E-state index in [-0.39, 0.29) is 0 Å². The molecule has 0 spiro atoms. The highest BCUT2D eigenvalue weighted by molar-refractivity contribution is 6.08. The predicted octanol–water partition coefficient (Wildman–Crippen LogP) is 4.31. The largest absolute Gasteiger partial charge is 0.386 e. The van der Waals surface area contributed by atoms with E-state index >= 15 is 0 Å². The number of rotatable bonds is 11. The number of hydrogen-bond acceptors (Lipinski definition) is 3. The van der Waals surface area contributed by atoms with Gasteiger partial charge in [0, 0.05) is 11.6 Å². The van der Waals surface area contributed by atoms with Crippen LogP contribution in [0.25, 0.3) is 0 Å². The molecular formula is C16H26O3. The smallest absolute Gasteiger partial charge is 0.342 e. The molecule has 0 bridgehead atoms. The Labute approximate surface area is 116 Å². The zero-order valence-electron chi connectivity index (χ0n) is 12.1. The van der Waals surface area contributed by atoms with E-state index in [2.05, 4.69) is 11.7 Å². The van der Waals surface area contributed by atoms with Gasteiger partial charge in [-0.1, -0.05) is 64.7 Å². The topological polar surface area (TPSA) is 43.4 Å². The van der Waals surface area contributed by atoms with Gasteiger partial charge in [0.05, 0.1) is 0 Å². The molecule has 0 aromatic carbocycles. The lowest BCUT2D eigenvalue weighted by Crippen LogP contribution is -2.01. The van der Waals surface area contributed by atoms with Gasteiger partial charge in [0.25, 0.3) is 0 Å². The standard InChI is InChI=1S/C16H26O3/c1-2-3-4-5-6-7-8-9-10-11-12-14-13-15(17)19-16(14)18/h13H,2-12H2,1H3. The van der Waals surface area contributed by atoms with Crippen molar-refractivity contribution in [2.24, 2.45) is 0 Å². The van der Waals surface area contributed by atoms with Crippen molar-refractivity contribution in [1.29, 1.82) is 0 Å². The molecule has 0 N–H and O–H groups in total. The maximum atomic E-state index is 11.2. The molecule has 0 atom stereocenters. The third-order valence-corrected chi connectivity index (χ3v) is 3.55. The maximum Gasteiger partial charge on any atom is 0.342 e. The molecular weight excluding hydrogens is 240 g/mol. The highest BCUT2D eigenvalue weighted by Gasteiger charge is 2.22. The molecule has 0 amide bonds. The summed E-state index contributed by atoms with van der Waals surface area (Å²) >= 11 is 0. The van der Waals surface area contributed by atoms with Crippen LogP contribution >= 0.6 is 0 Å². The van der Waals surface area contributed by atoms with Crippen LogP contribution in [-0.2, 0) is 14.3 Å². The van der Waals surface area contributed by atoms with Gasteiger partial charge < -0.3 is 4.74 Å². The van der Waals surface area contributed by atoms with Gasteiger partial charge in [0.15, 0.2) is 0 Å². The van der Waals surface area contributed by atoms with Crippen LogP contribution < -0.4 is 0 Å². The van der Waals surface area contributed by atoms with Crippen LogP contribution in [0.5, 0.6) is 0 Å². The van der Waals surface area contributed by atoms with Crippen LogP contribution in [0.1, 0.15) is 77.6 Å². The van der Waals surface area contributed by atoms with Crippen molar-refractivity contribution in [3.05, 3.63) is 11.6 Å². The van der Waals surface area contributed by atoms with Gasteiger partial charge in [-0.05, 0) is 12.8 Å². The second-order valence-corrected chi connectivity index (χ2v) is 5.31. The monoisotopic (exact) mass is 266 g/mol. The minimum Gasteiger partial charge on any atom is -0.386 e. The summed E-state index contributed by atoms with van der Waals surface area (Å²) in [5, 5.41) is 0. The second kappa shape index (κ2) is 9.76.